The van der Waals surface area contributed by atoms with Crippen LogP contribution in [0, 0.1) is 5.41 Å². The third-order valence-electron chi connectivity index (χ3n) is 3.37. The lowest BCUT2D eigenvalue weighted by atomic mass is 9.76. The van der Waals surface area contributed by atoms with Crippen LogP contribution in [0.5, 0.6) is 5.88 Å². The predicted molar refractivity (Wildman–Crippen MR) is 70.3 cm³/mol. The van der Waals surface area contributed by atoms with Crippen molar-refractivity contribution in [2.24, 2.45) is 5.41 Å². The van der Waals surface area contributed by atoms with Crippen molar-refractivity contribution in [1.82, 2.24) is 4.98 Å². The van der Waals surface area contributed by atoms with Crippen molar-refractivity contribution >= 4 is 17.3 Å². The van der Waals surface area contributed by atoms with Crippen LogP contribution in [0.3, 0.4) is 0 Å². The Morgan fingerprint density at radius 2 is 2.00 bits per heavy atom. The lowest BCUT2D eigenvalue weighted by Crippen LogP contribution is -2.28. The molecule has 0 saturated heterocycles. The molecular weight excluding hydrogens is 236 g/mol. The summed E-state index contributed by atoms with van der Waals surface area (Å²) in [5.74, 6) is 0.541. The number of pyridine rings is 1. The van der Waals surface area contributed by atoms with Crippen molar-refractivity contribution in [3.05, 3.63) is 17.3 Å². The minimum absolute atomic E-state index is 0.244. The van der Waals surface area contributed by atoms with E-state index in [0.717, 1.165) is 12.8 Å². The second kappa shape index (κ2) is 4.73. The Morgan fingerprint density at radius 1 is 1.35 bits per heavy atom. The van der Waals surface area contributed by atoms with E-state index >= 15 is 0 Å². The molecule has 1 aliphatic carbocycles. The highest BCUT2D eigenvalue weighted by molar-refractivity contribution is 6.29. The first-order valence-corrected chi connectivity index (χ1v) is 6.42. The van der Waals surface area contributed by atoms with Gasteiger partial charge in [-0.2, -0.15) is 0 Å². The topological polar surface area (TPSA) is 48.1 Å². The number of hydrogen-bond acceptors (Lipinski definition) is 3. The summed E-state index contributed by atoms with van der Waals surface area (Å²) < 4.78 is 5.83. The molecule has 0 atom stereocenters. The summed E-state index contributed by atoms with van der Waals surface area (Å²) in [6.45, 7) is 4.61. The number of ether oxygens (including phenoxy) is 1. The lowest BCUT2D eigenvalue weighted by Gasteiger charge is -2.34. The molecule has 17 heavy (non-hydrogen) atoms. The molecule has 1 fully saturated rings. The molecule has 1 aliphatic rings. The maximum atomic E-state index is 5.84. The third kappa shape index (κ3) is 3.50. The van der Waals surface area contributed by atoms with Crippen LogP contribution in [0.25, 0.3) is 0 Å². The third-order valence-corrected chi connectivity index (χ3v) is 3.56. The first-order chi connectivity index (χ1) is 7.94. The normalized spacial score (nSPS) is 20.2. The van der Waals surface area contributed by atoms with Crippen molar-refractivity contribution in [3.8, 4) is 5.88 Å². The Bertz CT molecular complexity index is 376. The van der Waals surface area contributed by atoms with E-state index in [1.54, 1.807) is 12.1 Å². The summed E-state index contributed by atoms with van der Waals surface area (Å²) in [6.07, 6.45) is 4.76. The zero-order valence-electron chi connectivity index (χ0n) is 10.4. The number of nitrogen functional groups attached to an aromatic ring is 1. The molecule has 1 heterocycles. The predicted octanol–water partition coefficient (Wildman–Crippen LogP) is 3.66. The molecule has 0 unspecified atom stereocenters. The average Bonchev–Trinajstić information content (AvgIpc) is 2.20. The summed E-state index contributed by atoms with van der Waals surface area (Å²) >= 11 is 5.84. The number of halogens is 1. The van der Waals surface area contributed by atoms with Crippen LogP contribution < -0.4 is 10.5 Å². The molecule has 2 rings (SSSR count). The molecule has 0 spiro atoms. The molecule has 4 heteroatoms. The van der Waals surface area contributed by atoms with Crippen molar-refractivity contribution in [1.29, 1.82) is 0 Å². The zero-order chi connectivity index (χ0) is 12.5. The van der Waals surface area contributed by atoms with E-state index < -0.39 is 0 Å². The standard InChI is InChI=1S/C13H19ClN2O/c1-13(2)5-3-10(4-6-13)17-12-8-9(15)7-11(14)16-12/h7-8,10H,3-6H2,1-2H3,(H2,15,16). The van der Waals surface area contributed by atoms with E-state index in [2.05, 4.69) is 18.8 Å². The molecule has 0 amide bonds. The molecule has 1 aromatic rings. The zero-order valence-corrected chi connectivity index (χ0v) is 11.1. The summed E-state index contributed by atoms with van der Waals surface area (Å²) in [4.78, 5) is 4.13. The Balaban J connectivity index is 1.97. The second-order valence-electron chi connectivity index (χ2n) is 5.54. The van der Waals surface area contributed by atoms with Gasteiger partial charge < -0.3 is 10.5 Å². The monoisotopic (exact) mass is 254 g/mol. The van der Waals surface area contributed by atoms with E-state index in [0.29, 0.717) is 22.1 Å². The minimum atomic E-state index is 0.244. The van der Waals surface area contributed by atoms with Gasteiger partial charge >= 0.3 is 0 Å². The van der Waals surface area contributed by atoms with Crippen LogP contribution in [0.15, 0.2) is 12.1 Å². The molecule has 0 bridgehead atoms. The van der Waals surface area contributed by atoms with Gasteiger partial charge in [0.1, 0.15) is 11.3 Å². The first-order valence-electron chi connectivity index (χ1n) is 6.04. The highest BCUT2D eigenvalue weighted by Crippen LogP contribution is 2.36. The molecule has 94 valence electrons. The van der Waals surface area contributed by atoms with Crippen LogP contribution in [0.1, 0.15) is 39.5 Å². The van der Waals surface area contributed by atoms with E-state index in [1.807, 2.05) is 0 Å². The van der Waals surface area contributed by atoms with Gasteiger partial charge in [0.25, 0.3) is 0 Å². The van der Waals surface area contributed by atoms with Gasteiger partial charge in [-0.05, 0) is 37.2 Å². The molecule has 3 nitrogen and oxygen atoms in total. The fourth-order valence-electron chi connectivity index (χ4n) is 2.21. The quantitative estimate of drug-likeness (QED) is 0.820. The smallest absolute Gasteiger partial charge is 0.217 e. The second-order valence-corrected chi connectivity index (χ2v) is 5.93. The lowest BCUT2D eigenvalue weighted by molar-refractivity contribution is 0.0950. The molecule has 0 aromatic carbocycles. The molecule has 0 radical (unpaired) electrons. The van der Waals surface area contributed by atoms with Crippen LogP contribution in [0.2, 0.25) is 5.15 Å². The Morgan fingerprint density at radius 3 is 2.59 bits per heavy atom. The van der Waals surface area contributed by atoms with Crippen molar-refractivity contribution in [2.75, 3.05) is 5.73 Å². The molecule has 2 N–H and O–H groups in total. The SMILES string of the molecule is CC1(C)CCC(Oc2cc(N)cc(Cl)n2)CC1. The number of hydrogen-bond donors (Lipinski definition) is 1. The van der Waals surface area contributed by atoms with Gasteiger partial charge in [0.05, 0.1) is 0 Å². The number of rotatable bonds is 2. The summed E-state index contributed by atoms with van der Waals surface area (Å²) in [6, 6.07) is 3.35. The van der Waals surface area contributed by atoms with Gasteiger partial charge in [-0.3, -0.25) is 0 Å². The van der Waals surface area contributed by atoms with Crippen LogP contribution >= 0.6 is 11.6 Å². The summed E-state index contributed by atoms with van der Waals surface area (Å²) in [5.41, 5.74) is 6.74. The van der Waals surface area contributed by atoms with E-state index in [4.69, 9.17) is 22.1 Å². The summed E-state index contributed by atoms with van der Waals surface area (Å²) in [7, 11) is 0. The van der Waals surface area contributed by atoms with Gasteiger partial charge in [-0.15, -0.1) is 0 Å². The fraction of sp³-hybridized carbons (Fsp3) is 0.615. The van der Waals surface area contributed by atoms with Crippen molar-refractivity contribution < 1.29 is 4.74 Å². The van der Waals surface area contributed by atoms with Gasteiger partial charge in [-0.25, -0.2) is 4.98 Å². The molecule has 1 saturated carbocycles. The Hall–Kier alpha value is -0.960. The Kier molecular flexibility index (Phi) is 3.48. The van der Waals surface area contributed by atoms with Gasteiger partial charge in [0, 0.05) is 11.8 Å². The molecule has 0 aliphatic heterocycles. The van der Waals surface area contributed by atoms with Crippen LogP contribution in [-0.2, 0) is 0 Å². The highest BCUT2D eigenvalue weighted by atomic mass is 35.5. The number of nitrogens with zero attached hydrogens (tertiary/aromatic N) is 1. The maximum Gasteiger partial charge on any atom is 0.217 e. The molecular formula is C13H19ClN2O. The highest BCUT2D eigenvalue weighted by Gasteiger charge is 2.28. The number of anilines is 1. The number of nitrogens with two attached hydrogens (primary N) is 1. The first kappa shape index (κ1) is 12.5. The average molecular weight is 255 g/mol. The van der Waals surface area contributed by atoms with Gasteiger partial charge in [0.2, 0.25) is 5.88 Å². The minimum Gasteiger partial charge on any atom is -0.474 e. The number of aromatic nitrogens is 1. The largest absolute Gasteiger partial charge is 0.474 e. The van der Waals surface area contributed by atoms with Crippen LogP contribution in [-0.4, -0.2) is 11.1 Å². The summed E-state index contributed by atoms with van der Waals surface area (Å²) in [5, 5.41) is 0.385. The van der Waals surface area contributed by atoms with Crippen LogP contribution in [0.4, 0.5) is 5.69 Å². The van der Waals surface area contributed by atoms with Gasteiger partial charge in [0.15, 0.2) is 0 Å². The van der Waals surface area contributed by atoms with E-state index in [1.165, 1.54) is 12.8 Å². The van der Waals surface area contributed by atoms with E-state index in [-0.39, 0.29) is 6.10 Å². The Labute approximate surface area is 107 Å². The van der Waals surface area contributed by atoms with Crippen molar-refractivity contribution in [3.63, 3.8) is 0 Å². The fourth-order valence-corrected chi connectivity index (χ4v) is 2.42. The van der Waals surface area contributed by atoms with Gasteiger partial charge in [-0.1, -0.05) is 25.4 Å². The van der Waals surface area contributed by atoms with Crippen molar-refractivity contribution in [2.45, 2.75) is 45.6 Å². The maximum absolute atomic E-state index is 5.84. The molecule has 1 aromatic heterocycles. The van der Waals surface area contributed by atoms with E-state index in [9.17, 15) is 0 Å².